The van der Waals surface area contributed by atoms with Crippen molar-refractivity contribution in [2.75, 3.05) is 6.61 Å². The van der Waals surface area contributed by atoms with Crippen LogP contribution in [-0.4, -0.2) is 12.6 Å². The van der Waals surface area contributed by atoms with E-state index < -0.39 is 5.97 Å². The Morgan fingerprint density at radius 2 is 1.67 bits per heavy atom. The maximum atomic E-state index is 13.0. The van der Waals surface area contributed by atoms with Crippen molar-refractivity contribution in [1.82, 2.24) is 0 Å². The first-order valence-electron chi connectivity index (χ1n) is 6.61. The van der Waals surface area contributed by atoms with Crippen LogP contribution in [0.5, 0.6) is 0 Å². The van der Waals surface area contributed by atoms with Crippen LogP contribution in [-0.2, 0) is 9.53 Å². The van der Waals surface area contributed by atoms with Crippen molar-refractivity contribution < 1.29 is 13.9 Å². The minimum Gasteiger partial charge on any atom is -0.462 e. The summed E-state index contributed by atoms with van der Waals surface area (Å²) < 4.78 is 18.1. The van der Waals surface area contributed by atoms with Crippen LogP contribution in [0.1, 0.15) is 18.1 Å². The van der Waals surface area contributed by atoms with E-state index in [0.717, 1.165) is 0 Å². The van der Waals surface area contributed by atoms with Gasteiger partial charge < -0.3 is 10.5 Å². The normalized spacial score (nSPS) is 11.7. The van der Waals surface area contributed by atoms with Crippen LogP contribution in [0.4, 0.5) is 4.39 Å². The number of hydrogen-bond donors (Lipinski definition) is 1. The third kappa shape index (κ3) is 3.48. The molecule has 3 nitrogen and oxygen atoms in total. The zero-order valence-corrected chi connectivity index (χ0v) is 11.7. The van der Waals surface area contributed by atoms with Gasteiger partial charge in [-0.15, -0.1) is 0 Å². The first-order valence-corrected chi connectivity index (χ1v) is 6.61. The zero-order chi connectivity index (χ0) is 15.2. The molecule has 4 heteroatoms. The summed E-state index contributed by atoms with van der Waals surface area (Å²) in [7, 11) is 0. The van der Waals surface area contributed by atoms with Crippen molar-refractivity contribution in [3.8, 4) is 0 Å². The molecule has 0 saturated carbocycles. The van der Waals surface area contributed by atoms with Crippen molar-refractivity contribution in [3.63, 3.8) is 0 Å². The number of benzene rings is 2. The Bertz CT molecular complexity index is 648. The molecule has 2 aromatic carbocycles. The maximum absolute atomic E-state index is 13.0. The summed E-state index contributed by atoms with van der Waals surface area (Å²) >= 11 is 0. The molecule has 108 valence electrons. The number of carbonyl (C=O) groups excluding carboxylic acids is 1. The molecular weight excluding hydrogens is 269 g/mol. The summed E-state index contributed by atoms with van der Waals surface area (Å²) in [5, 5.41) is 0. The minimum atomic E-state index is -0.495. The van der Waals surface area contributed by atoms with E-state index in [-0.39, 0.29) is 23.7 Å². The fourth-order valence-electron chi connectivity index (χ4n) is 1.97. The fraction of sp³-hybridized carbons (Fsp3) is 0.118. The molecule has 0 aliphatic heterocycles. The molecule has 0 fully saturated rings. The van der Waals surface area contributed by atoms with E-state index in [9.17, 15) is 9.18 Å². The van der Waals surface area contributed by atoms with E-state index >= 15 is 0 Å². The molecule has 0 radical (unpaired) electrons. The van der Waals surface area contributed by atoms with Crippen molar-refractivity contribution in [2.45, 2.75) is 6.92 Å². The monoisotopic (exact) mass is 285 g/mol. The number of rotatable bonds is 4. The molecule has 2 aromatic rings. The highest BCUT2D eigenvalue weighted by molar-refractivity contribution is 6.24. The molecular formula is C17H16FNO2. The van der Waals surface area contributed by atoms with Gasteiger partial charge in [-0.3, -0.25) is 0 Å². The number of halogens is 1. The van der Waals surface area contributed by atoms with Gasteiger partial charge in [0, 0.05) is 0 Å². The van der Waals surface area contributed by atoms with Crippen LogP contribution in [0, 0.1) is 5.82 Å². The highest BCUT2D eigenvalue weighted by Crippen LogP contribution is 2.24. The van der Waals surface area contributed by atoms with E-state index in [1.54, 1.807) is 19.1 Å². The molecule has 0 unspecified atom stereocenters. The van der Waals surface area contributed by atoms with Gasteiger partial charge in [-0.05, 0) is 42.3 Å². The third-order valence-corrected chi connectivity index (χ3v) is 2.97. The van der Waals surface area contributed by atoms with Crippen molar-refractivity contribution in [3.05, 3.63) is 71.5 Å². The van der Waals surface area contributed by atoms with E-state index in [1.807, 2.05) is 18.2 Å². The molecule has 2 rings (SSSR count). The SMILES string of the molecule is CCOC(=O)/C(=C(\N)c1ccc(F)cc1)c1ccccc1. The number of carbonyl (C=O) groups is 1. The summed E-state index contributed by atoms with van der Waals surface area (Å²) in [5.41, 5.74) is 7.89. The van der Waals surface area contributed by atoms with E-state index in [4.69, 9.17) is 10.5 Å². The van der Waals surface area contributed by atoms with Crippen molar-refractivity contribution in [2.24, 2.45) is 5.73 Å². The van der Waals surface area contributed by atoms with Gasteiger partial charge in [-0.2, -0.15) is 0 Å². The first kappa shape index (κ1) is 14.8. The Labute approximate surface area is 122 Å². The summed E-state index contributed by atoms with van der Waals surface area (Å²) in [6.07, 6.45) is 0. The lowest BCUT2D eigenvalue weighted by Gasteiger charge is -2.12. The van der Waals surface area contributed by atoms with Gasteiger partial charge in [-0.25, -0.2) is 9.18 Å². The van der Waals surface area contributed by atoms with Crippen LogP contribution in [0.2, 0.25) is 0 Å². The van der Waals surface area contributed by atoms with E-state index in [2.05, 4.69) is 0 Å². The lowest BCUT2D eigenvalue weighted by atomic mass is 10.00. The average molecular weight is 285 g/mol. The number of hydrogen-bond acceptors (Lipinski definition) is 3. The van der Waals surface area contributed by atoms with Crippen LogP contribution in [0.25, 0.3) is 11.3 Å². The predicted octanol–water partition coefficient (Wildman–Crippen LogP) is 3.22. The van der Waals surface area contributed by atoms with Gasteiger partial charge in [0.15, 0.2) is 0 Å². The Hall–Kier alpha value is -2.62. The predicted molar refractivity (Wildman–Crippen MR) is 80.5 cm³/mol. The highest BCUT2D eigenvalue weighted by Gasteiger charge is 2.18. The van der Waals surface area contributed by atoms with Crippen LogP contribution >= 0.6 is 0 Å². The van der Waals surface area contributed by atoms with Gasteiger partial charge in [0.05, 0.1) is 17.9 Å². The molecule has 0 amide bonds. The summed E-state index contributed by atoms with van der Waals surface area (Å²) in [5.74, 6) is -0.852. The fourth-order valence-corrected chi connectivity index (χ4v) is 1.97. The van der Waals surface area contributed by atoms with Gasteiger partial charge in [-0.1, -0.05) is 30.3 Å². The summed E-state index contributed by atoms with van der Waals surface area (Å²) in [6, 6.07) is 14.7. The lowest BCUT2D eigenvalue weighted by Crippen LogP contribution is -2.12. The molecule has 21 heavy (non-hydrogen) atoms. The van der Waals surface area contributed by atoms with Crippen LogP contribution in [0.3, 0.4) is 0 Å². The van der Waals surface area contributed by atoms with Gasteiger partial charge in [0.2, 0.25) is 0 Å². The van der Waals surface area contributed by atoms with Gasteiger partial charge in [0.25, 0.3) is 0 Å². The minimum absolute atomic E-state index is 0.256. The summed E-state index contributed by atoms with van der Waals surface area (Å²) in [6.45, 7) is 1.99. The summed E-state index contributed by atoms with van der Waals surface area (Å²) in [4.78, 5) is 12.2. The van der Waals surface area contributed by atoms with Crippen LogP contribution in [0.15, 0.2) is 54.6 Å². The molecule has 0 aliphatic carbocycles. The lowest BCUT2D eigenvalue weighted by molar-refractivity contribution is -0.136. The van der Waals surface area contributed by atoms with Gasteiger partial charge >= 0.3 is 5.97 Å². The Kier molecular flexibility index (Phi) is 4.72. The first-order chi connectivity index (χ1) is 10.1. The second kappa shape index (κ2) is 6.70. The van der Waals surface area contributed by atoms with Gasteiger partial charge in [0.1, 0.15) is 5.82 Å². The third-order valence-electron chi connectivity index (χ3n) is 2.97. The molecule has 0 saturated heterocycles. The standard InChI is InChI=1S/C17H16FNO2/c1-2-21-17(20)15(12-6-4-3-5-7-12)16(19)13-8-10-14(18)11-9-13/h3-11H,2,19H2,1H3/b16-15-. The van der Waals surface area contributed by atoms with Crippen molar-refractivity contribution >= 4 is 17.2 Å². The number of nitrogens with two attached hydrogens (primary N) is 1. The van der Waals surface area contributed by atoms with Crippen LogP contribution < -0.4 is 5.73 Å². The molecule has 0 heterocycles. The zero-order valence-electron chi connectivity index (χ0n) is 11.7. The molecule has 0 bridgehead atoms. The molecule has 2 N–H and O–H groups in total. The molecule has 0 spiro atoms. The average Bonchev–Trinajstić information content (AvgIpc) is 2.49. The molecule has 0 aromatic heterocycles. The largest absolute Gasteiger partial charge is 0.462 e. The number of ether oxygens (including phenoxy) is 1. The van der Waals surface area contributed by atoms with E-state index in [1.165, 1.54) is 24.3 Å². The number of esters is 1. The Balaban J connectivity index is 2.54. The second-order valence-electron chi connectivity index (χ2n) is 4.38. The smallest absolute Gasteiger partial charge is 0.340 e. The second-order valence-corrected chi connectivity index (χ2v) is 4.38. The van der Waals surface area contributed by atoms with Crippen molar-refractivity contribution in [1.29, 1.82) is 0 Å². The maximum Gasteiger partial charge on any atom is 0.340 e. The Morgan fingerprint density at radius 3 is 2.24 bits per heavy atom. The van der Waals surface area contributed by atoms with E-state index in [0.29, 0.717) is 11.1 Å². The molecule has 0 atom stereocenters. The quantitative estimate of drug-likeness (QED) is 0.533. The molecule has 0 aliphatic rings. The highest BCUT2D eigenvalue weighted by atomic mass is 19.1. The Morgan fingerprint density at radius 1 is 1.05 bits per heavy atom. The topological polar surface area (TPSA) is 52.3 Å².